The number of aromatic nitrogens is 1. The van der Waals surface area contributed by atoms with Gasteiger partial charge in [0, 0.05) is 25.2 Å². The fraction of sp³-hybridized carbons (Fsp3) is 0.316. The summed E-state index contributed by atoms with van der Waals surface area (Å²) in [6.07, 6.45) is 0. The number of benzene rings is 2. The van der Waals surface area contributed by atoms with Crippen LogP contribution in [0.1, 0.15) is 32.4 Å². The van der Waals surface area contributed by atoms with Crippen molar-refractivity contribution < 1.29 is 13.3 Å². The highest BCUT2D eigenvalue weighted by atomic mass is 32.2. The lowest BCUT2D eigenvalue weighted by Crippen LogP contribution is -2.30. The van der Waals surface area contributed by atoms with E-state index in [2.05, 4.69) is 10.3 Å². The number of nitrogens with one attached hydrogen (secondary N) is 1. The molecular formula is C19H22N4O4S2. The molecule has 0 aliphatic carbocycles. The summed E-state index contributed by atoms with van der Waals surface area (Å²) in [7, 11) is -3.48. The Kier molecular flexibility index (Phi) is 6.15. The Balaban J connectivity index is 1.78. The number of nitro groups is 1. The number of anilines is 1. The van der Waals surface area contributed by atoms with Gasteiger partial charge in [0.2, 0.25) is 10.0 Å². The lowest BCUT2D eigenvalue weighted by atomic mass is 10.1. The average molecular weight is 435 g/mol. The van der Waals surface area contributed by atoms with Crippen LogP contribution < -0.4 is 5.32 Å². The van der Waals surface area contributed by atoms with Crippen LogP contribution in [0.2, 0.25) is 0 Å². The molecule has 0 saturated heterocycles. The quantitative estimate of drug-likeness (QED) is 0.416. The minimum absolute atomic E-state index is 0.0331. The van der Waals surface area contributed by atoms with Gasteiger partial charge >= 0.3 is 0 Å². The van der Waals surface area contributed by atoms with Crippen molar-refractivity contribution in [1.82, 2.24) is 9.29 Å². The van der Waals surface area contributed by atoms with Crippen molar-refractivity contribution in [2.75, 3.05) is 18.4 Å². The highest BCUT2D eigenvalue weighted by molar-refractivity contribution is 7.89. The van der Waals surface area contributed by atoms with Crippen molar-refractivity contribution in [1.29, 1.82) is 0 Å². The van der Waals surface area contributed by atoms with E-state index in [1.165, 1.54) is 27.8 Å². The van der Waals surface area contributed by atoms with Crippen LogP contribution in [0.15, 0.2) is 47.4 Å². The van der Waals surface area contributed by atoms with E-state index in [9.17, 15) is 18.5 Å². The first-order valence-electron chi connectivity index (χ1n) is 9.18. The molecule has 1 heterocycles. The van der Waals surface area contributed by atoms with E-state index < -0.39 is 14.9 Å². The molecule has 8 nitrogen and oxygen atoms in total. The van der Waals surface area contributed by atoms with E-state index in [-0.39, 0.29) is 16.6 Å². The Bertz CT molecular complexity index is 1120. The van der Waals surface area contributed by atoms with Crippen molar-refractivity contribution in [3.8, 4) is 0 Å². The second-order valence-corrected chi connectivity index (χ2v) is 9.42. The third kappa shape index (κ3) is 4.39. The molecule has 0 spiro atoms. The molecule has 1 N–H and O–H groups in total. The molecule has 3 rings (SSSR count). The first-order valence-corrected chi connectivity index (χ1v) is 11.4. The number of nitrogens with zero attached hydrogens (tertiary/aromatic N) is 3. The molecule has 0 aliphatic rings. The zero-order chi connectivity index (χ0) is 21.2. The van der Waals surface area contributed by atoms with E-state index >= 15 is 0 Å². The number of hydrogen-bond donors (Lipinski definition) is 1. The summed E-state index contributed by atoms with van der Waals surface area (Å²) in [5.74, 6) is 0. The second-order valence-electron chi connectivity index (χ2n) is 6.45. The van der Waals surface area contributed by atoms with Gasteiger partial charge in [0.15, 0.2) is 5.13 Å². The summed E-state index contributed by atoms with van der Waals surface area (Å²) >= 11 is 1.34. The molecular weight excluding hydrogens is 412 g/mol. The maximum Gasteiger partial charge on any atom is 0.270 e. The fourth-order valence-corrected chi connectivity index (χ4v) is 5.44. The van der Waals surface area contributed by atoms with Crippen LogP contribution in [-0.4, -0.2) is 35.7 Å². The van der Waals surface area contributed by atoms with Crippen LogP contribution >= 0.6 is 11.3 Å². The van der Waals surface area contributed by atoms with Gasteiger partial charge in [-0.3, -0.25) is 10.1 Å². The molecule has 10 heteroatoms. The molecule has 1 aromatic heterocycles. The molecule has 29 heavy (non-hydrogen) atoms. The molecule has 0 saturated carbocycles. The highest BCUT2D eigenvalue weighted by Crippen LogP contribution is 2.31. The van der Waals surface area contributed by atoms with E-state index in [0.29, 0.717) is 23.7 Å². The topological polar surface area (TPSA) is 105 Å². The van der Waals surface area contributed by atoms with Crippen LogP contribution in [-0.2, 0) is 10.0 Å². The summed E-state index contributed by atoms with van der Waals surface area (Å²) < 4.78 is 27.3. The first-order chi connectivity index (χ1) is 13.8. The van der Waals surface area contributed by atoms with Gasteiger partial charge in [0.1, 0.15) is 0 Å². The summed E-state index contributed by atoms with van der Waals surface area (Å²) in [4.78, 5) is 15.2. The highest BCUT2D eigenvalue weighted by Gasteiger charge is 2.21. The largest absolute Gasteiger partial charge is 0.355 e. The predicted octanol–water partition coefficient (Wildman–Crippen LogP) is 4.41. The number of thiazole rings is 1. The van der Waals surface area contributed by atoms with Gasteiger partial charge in [-0.05, 0) is 30.7 Å². The minimum atomic E-state index is -3.48. The SMILES string of the molecule is CCN(CC)S(=O)(=O)c1ccc(C(C)Nc2nc3ccc([N+](=O)[O-])cc3s2)cc1. The first kappa shape index (κ1) is 21.2. The van der Waals surface area contributed by atoms with Gasteiger partial charge < -0.3 is 5.32 Å². The van der Waals surface area contributed by atoms with Crippen LogP contribution in [0.4, 0.5) is 10.8 Å². The van der Waals surface area contributed by atoms with Crippen molar-refractivity contribution in [2.24, 2.45) is 0 Å². The zero-order valence-electron chi connectivity index (χ0n) is 16.3. The lowest BCUT2D eigenvalue weighted by molar-refractivity contribution is -0.384. The van der Waals surface area contributed by atoms with E-state index in [4.69, 9.17) is 0 Å². The predicted molar refractivity (Wildman–Crippen MR) is 115 cm³/mol. The number of hydrogen-bond acceptors (Lipinski definition) is 7. The average Bonchev–Trinajstić information content (AvgIpc) is 3.10. The normalized spacial score (nSPS) is 13.0. The summed E-state index contributed by atoms with van der Waals surface area (Å²) in [5.41, 5.74) is 1.63. The van der Waals surface area contributed by atoms with Crippen molar-refractivity contribution >= 4 is 42.4 Å². The molecule has 0 aliphatic heterocycles. The summed E-state index contributed by atoms with van der Waals surface area (Å²) in [6.45, 7) is 6.42. The van der Waals surface area contributed by atoms with Crippen LogP contribution in [0, 0.1) is 10.1 Å². The smallest absolute Gasteiger partial charge is 0.270 e. The second kappa shape index (κ2) is 8.44. The fourth-order valence-electron chi connectivity index (χ4n) is 3.00. The van der Waals surface area contributed by atoms with E-state index in [1.54, 1.807) is 30.3 Å². The van der Waals surface area contributed by atoms with E-state index in [0.717, 1.165) is 10.3 Å². The zero-order valence-corrected chi connectivity index (χ0v) is 18.0. The number of non-ortho nitro benzene ring substituents is 1. The van der Waals surface area contributed by atoms with Gasteiger partial charge in [0.05, 0.1) is 26.1 Å². The third-order valence-corrected chi connectivity index (χ3v) is 7.66. The molecule has 154 valence electrons. The maximum atomic E-state index is 12.6. The number of fused-ring (bicyclic) bond motifs is 1. The Morgan fingerprint density at radius 2 is 1.83 bits per heavy atom. The Labute approximate surface area is 173 Å². The molecule has 1 unspecified atom stereocenters. The molecule has 3 aromatic rings. The van der Waals surface area contributed by atoms with Gasteiger partial charge in [-0.1, -0.05) is 37.3 Å². The van der Waals surface area contributed by atoms with Gasteiger partial charge in [-0.15, -0.1) is 0 Å². The van der Waals surface area contributed by atoms with Crippen molar-refractivity contribution in [2.45, 2.75) is 31.7 Å². The van der Waals surface area contributed by atoms with Gasteiger partial charge in [-0.25, -0.2) is 13.4 Å². The number of nitro benzene ring substituents is 1. The Morgan fingerprint density at radius 1 is 1.17 bits per heavy atom. The molecule has 0 fully saturated rings. The van der Waals surface area contributed by atoms with Crippen LogP contribution in [0.3, 0.4) is 0 Å². The minimum Gasteiger partial charge on any atom is -0.355 e. The van der Waals surface area contributed by atoms with E-state index in [1.807, 2.05) is 20.8 Å². The van der Waals surface area contributed by atoms with Crippen molar-refractivity contribution in [3.63, 3.8) is 0 Å². The molecule has 2 aromatic carbocycles. The van der Waals surface area contributed by atoms with Gasteiger partial charge in [0.25, 0.3) is 5.69 Å². The van der Waals surface area contributed by atoms with Gasteiger partial charge in [-0.2, -0.15) is 4.31 Å². The number of sulfonamides is 1. The van der Waals surface area contributed by atoms with Crippen LogP contribution in [0.5, 0.6) is 0 Å². The maximum absolute atomic E-state index is 12.6. The number of rotatable bonds is 8. The third-order valence-electron chi connectivity index (χ3n) is 4.65. The van der Waals surface area contributed by atoms with Crippen molar-refractivity contribution in [3.05, 3.63) is 58.1 Å². The lowest BCUT2D eigenvalue weighted by Gasteiger charge is -2.19. The molecule has 0 radical (unpaired) electrons. The molecule has 1 atom stereocenters. The standard InChI is InChI=1S/C19H22N4O4S2/c1-4-22(5-2)29(26,27)16-9-6-14(7-10-16)13(3)20-19-21-17-11-8-15(23(24)25)12-18(17)28-19/h6-13H,4-5H2,1-3H3,(H,20,21). The Hall–Kier alpha value is -2.56. The molecule has 0 bridgehead atoms. The Morgan fingerprint density at radius 3 is 2.41 bits per heavy atom. The monoisotopic (exact) mass is 434 g/mol. The van der Waals surface area contributed by atoms with Crippen LogP contribution in [0.25, 0.3) is 10.2 Å². The summed E-state index contributed by atoms with van der Waals surface area (Å²) in [5, 5.41) is 14.8. The summed E-state index contributed by atoms with van der Waals surface area (Å²) in [6, 6.07) is 11.3. The molecule has 0 amide bonds.